The average Bonchev–Trinajstić information content (AvgIpc) is 2.92. The van der Waals surface area contributed by atoms with Gasteiger partial charge >= 0.3 is 0 Å². The van der Waals surface area contributed by atoms with Crippen molar-refractivity contribution in [2.75, 3.05) is 27.4 Å². The highest BCUT2D eigenvalue weighted by Gasteiger charge is 2.08. The number of nitrogens with zero attached hydrogens (tertiary/aromatic N) is 1. The Balaban J connectivity index is 2.09. The van der Waals surface area contributed by atoms with E-state index in [1.165, 1.54) is 0 Å². The Kier molecular flexibility index (Phi) is 4.94. The summed E-state index contributed by atoms with van der Waals surface area (Å²) in [6, 6.07) is 7.92. The maximum absolute atomic E-state index is 5.24. The minimum absolute atomic E-state index is 0.701. The molecular formula is C14H19N3O2. The van der Waals surface area contributed by atoms with Crippen LogP contribution in [0.3, 0.4) is 0 Å². The first-order valence-corrected chi connectivity index (χ1v) is 6.21. The molecule has 1 aromatic heterocycles. The summed E-state index contributed by atoms with van der Waals surface area (Å²) in [5.41, 5.74) is 3.22. The van der Waals surface area contributed by atoms with E-state index in [2.05, 4.69) is 15.5 Å². The van der Waals surface area contributed by atoms with E-state index in [4.69, 9.17) is 9.47 Å². The number of aromatic nitrogens is 2. The Hall–Kier alpha value is -1.85. The highest BCUT2D eigenvalue weighted by molar-refractivity contribution is 5.64. The largest absolute Gasteiger partial charge is 0.497 e. The topological polar surface area (TPSA) is 59.2 Å². The molecule has 2 N–H and O–H groups in total. The van der Waals surface area contributed by atoms with Crippen molar-refractivity contribution in [3.05, 3.63) is 36.0 Å². The third-order valence-corrected chi connectivity index (χ3v) is 2.87. The molecule has 2 aromatic rings. The number of hydrogen-bond donors (Lipinski definition) is 2. The number of H-pyrrole nitrogens is 1. The quantitative estimate of drug-likeness (QED) is 0.746. The molecule has 0 radical (unpaired) electrons. The van der Waals surface area contributed by atoms with Crippen molar-refractivity contribution in [1.82, 2.24) is 15.5 Å². The van der Waals surface area contributed by atoms with Gasteiger partial charge in [-0.05, 0) is 12.1 Å². The van der Waals surface area contributed by atoms with Crippen LogP contribution < -0.4 is 10.1 Å². The van der Waals surface area contributed by atoms with Crippen LogP contribution in [0.25, 0.3) is 11.3 Å². The van der Waals surface area contributed by atoms with Gasteiger partial charge in [0.15, 0.2) is 0 Å². The van der Waals surface area contributed by atoms with E-state index >= 15 is 0 Å². The van der Waals surface area contributed by atoms with E-state index in [9.17, 15) is 0 Å². The molecule has 0 unspecified atom stereocenters. The lowest BCUT2D eigenvalue weighted by Gasteiger charge is -2.06. The lowest BCUT2D eigenvalue weighted by atomic mass is 10.1. The zero-order valence-corrected chi connectivity index (χ0v) is 11.3. The van der Waals surface area contributed by atoms with Crippen LogP contribution in [-0.4, -0.2) is 37.6 Å². The number of aromatic amines is 1. The van der Waals surface area contributed by atoms with Crippen molar-refractivity contribution in [3.63, 3.8) is 0 Å². The van der Waals surface area contributed by atoms with Gasteiger partial charge in [-0.25, -0.2) is 0 Å². The molecule has 102 valence electrons. The molecule has 0 saturated heterocycles. The van der Waals surface area contributed by atoms with Crippen LogP contribution in [0.5, 0.6) is 5.75 Å². The second-order valence-electron chi connectivity index (χ2n) is 4.17. The van der Waals surface area contributed by atoms with Crippen molar-refractivity contribution < 1.29 is 9.47 Å². The molecule has 0 amide bonds. The fourth-order valence-electron chi connectivity index (χ4n) is 1.87. The fraction of sp³-hybridized carbons (Fsp3) is 0.357. The van der Waals surface area contributed by atoms with Crippen LogP contribution in [0.1, 0.15) is 5.56 Å². The summed E-state index contributed by atoms with van der Waals surface area (Å²) in [5, 5.41) is 10.5. The molecule has 1 heterocycles. The Morgan fingerprint density at radius 2 is 2.21 bits per heavy atom. The Morgan fingerprint density at radius 3 is 3.00 bits per heavy atom. The summed E-state index contributed by atoms with van der Waals surface area (Å²) in [7, 11) is 3.36. The lowest BCUT2D eigenvalue weighted by Crippen LogP contribution is -2.18. The summed E-state index contributed by atoms with van der Waals surface area (Å²) in [6.45, 7) is 2.28. The van der Waals surface area contributed by atoms with Gasteiger partial charge in [-0.1, -0.05) is 12.1 Å². The van der Waals surface area contributed by atoms with Crippen molar-refractivity contribution in [2.45, 2.75) is 6.54 Å². The maximum atomic E-state index is 5.24. The molecule has 5 heteroatoms. The summed E-state index contributed by atoms with van der Waals surface area (Å²) in [4.78, 5) is 0. The third kappa shape index (κ3) is 3.56. The molecule has 0 spiro atoms. The Labute approximate surface area is 112 Å². The third-order valence-electron chi connectivity index (χ3n) is 2.87. The highest BCUT2D eigenvalue weighted by atomic mass is 16.5. The number of benzene rings is 1. The van der Waals surface area contributed by atoms with Gasteiger partial charge in [0, 0.05) is 31.3 Å². The highest BCUT2D eigenvalue weighted by Crippen LogP contribution is 2.24. The van der Waals surface area contributed by atoms with Crippen molar-refractivity contribution in [2.24, 2.45) is 0 Å². The normalized spacial score (nSPS) is 10.6. The van der Waals surface area contributed by atoms with E-state index in [0.29, 0.717) is 6.61 Å². The van der Waals surface area contributed by atoms with E-state index in [-0.39, 0.29) is 0 Å². The number of rotatable bonds is 7. The van der Waals surface area contributed by atoms with Gasteiger partial charge in [-0.15, -0.1) is 0 Å². The summed E-state index contributed by atoms with van der Waals surface area (Å²) in [6.07, 6.45) is 1.84. The van der Waals surface area contributed by atoms with Crippen molar-refractivity contribution >= 4 is 0 Å². The molecule has 0 atom stereocenters. The molecule has 0 aliphatic carbocycles. The molecule has 0 bridgehead atoms. The lowest BCUT2D eigenvalue weighted by molar-refractivity contribution is 0.199. The number of ether oxygens (including phenoxy) is 2. The van der Waals surface area contributed by atoms with E-state index in [1.807, 2.05) is 30.5 Å². The van der Waals surface area contributed by atoms with Crippen LogP contribution in [-0.2, 0) is 11.3 Å². The van der Waals surface area contributed by atoms with Crippen LogP contribution >= 0.6 is 0 Å². The summed E-state index contributed by atoms with van der Waals surface area (Å²) in [5.74, 6) is 0.838. The first-order chi connectivity index (χ1) is 9.35. The van der Waals surface area contributed by atoms with Gasteiger partial charge in [0.2, 0.25) is 0 Å². The van der Waals surface area contributed by atoms with Crippen molar-refractivity contribution in [1.29, 1.82) is 0 Å². The smallest absolute Gasteiger partial charge is 0.119 e. The first kappa shape index (κ1) is 13.6. The van der Waals surface area contributed by atoms with Gasteiger partial charge in [-0.2, -0.15) is 5.10 Å². The van der Waals surface area contributed by atoms with Crippen LogP contribution in [0.15, 0.2) is 30.5 Å². The molecule has 2 rings (SSSR count). The predicted molar refractivity (Wildman–Crippen MR) is 74.2 cm³/mol. The number of hydrogen-bond acceptors (Lipinski definition) is 4. The van der Waals surface area contributed by atoms with Crippen LogP contribution in [0, 0.1) is 0 Å². The predicted octanol–water partition coefficient (Wildman–Crippen LogP) is 1.82. The number of methoxy groups -OCH3 is 2. The average molecular weight is 261 g/mol. The minimum Gasteiger partial charge on any atom is -0.497 e. The van der Waals surface area contributed by atoms with E-state index < -0.39 is 0 Å². The summed E-state index contributed by atoms with van der Waals surface area (Å²) < 4.78 is 10.2. The van der Waals surface area contributed by atoms with Gasteiger partial charge in [0.1, 0.15) is 5.75 Å². The molecule has 0 fully saturated rings. The molecule has 0 saturated carbocycles. The summed E-state index contributed by atoms with van der Waals surface area (Å²) >= 11 is 0. The SMILES string of the molecule is COCCNCc1cn[nH]c1-c1cccc(OC)c1. The Bertz CT molecular complexity index is 511. The van der Waals surface area contributed by atoms with Crippen LogP contribution in [0.2, 0.25) is 0 Å². The zero-order valence-electron chi connectivity index (χ0n) is 11.3. The molecule has 0 aliphatic rings. The fourth-order valence-corrected chi connectivity index (χ4v) is 1.87. The van der Waals surface area contributed by atoms with Gasteiger partial charge in [0.05, 0.1) is 25.6 Å². The molecule has 0 aliphatic heterocycles. The second-order valence-corrected chi connectivity index (χ2v) is 4.17. The monoisotopic (exact) mass is 261 g/mol. The molecular weight excluding hydrogens is 242 g/mol. The molecule has 1 aromatic carbocycles. The Morgan fingerprint density at radius 1 is 1.32 bits per heavy atom. The van der Waals surface area contributed by atoms with Crippen molar-refractivity contribution in [3.8, 4) is 17.0 Å². The molecule has 5 nitrogen and oxygen atoms in total. The zero-order chi connectivity index (χ0) is 13.5. The minimum atomic E-state index is 0.701. The molecule has 19 heavy (non-hydrogen) atoms. The van der Waals surface area contributed by atoms with E-state index in [1.54, 1.807) is 14.2 Å². The standard InChI is InChI=1S/C14H19N3O2/c1-18-7-6-15-9-12-10-16-17-14(12)11-4-3-5-13(8-11)19-2/h3-5,8,10,15H,6-7,9H2,1-2H3,(H,16,17). The van der Waals surface area contributed by atoms with Gasteiger partial charge < -0.3 is 14.8 Å². The number of nitrogens with one attached hydrogen (secondary N) is 2. The second kappa shape index (κ2) is 6.92. The first-order valence-electron chi connectivity index (χ1n) is 6.21. The maximum Gasteiger partial charge on any atom is 0.119 e. The van der Waals surface area contributed by atoms with Crippen LogP contribution in [0.4, 0.5) is 0 Å². The van der Waals surface area contributed by atoms with E-state index in [0.717, 1.165) is 35.7 Å². The van der Waals surface area contributed by atoms with Gasteiger partial charge in [0.25, 0.3) is 0 Å². The van der Waals surface area contributed by atoms with Gasteiger partial charge in [-0.3, -0.25) is 5.10 Å².